The highest BCUT2D eigenvalue weighted by Crippen LogP contribution is 2.32. The van der Waals surface area contributed by atoms with Crippen molar-refractivity contribution in [2.24, 2.45) is 0 Å². The number of nitrogens with one attached hydrogen (secondary N) is 1. The second kappa shape index (κ2) is 10.5. The Labute approximate surface area is 212 Å². The number of aromatic nitrogens is 3. The summed E-state index contributed by atoms with van der Waals surface area (Å²) in [4.78, 5) is 30.2. The zero-order valence-electron chi connectivity index (χ0n) is 20.6. The van der Waals surface area contributed by atoms with Gasteiger partial charge in [0.1, 0.15) is 5.01 Å². The number of hydrogen-bond acceptors (Lipinski definition) is 7. The Balaban J connectivity index is 1.59. The van der Waals surface area contributed by atoms with Crippen LogP contribution in [-0.4, -0.2) is 59.0 Å². The highest BCUT2D eigenvalue weighted by molar-refractivity contribution is 7.14. The van der Waals surface area contributed by atoms with Crippen molar-refractivity contribution in [2.45, 2.75) is 44.9 Å². The van der Waals surface area contributed by atoms with Crippen LogP contribution in [0.3, 0.4) is 0 Å². The largest absolute Gasteiger partial charge is 0.451 e. The molecular weight excluding hydrogens is 489 g/mol. The van der Waals surface area contributed by atoms with Crippen LogP contribution in [0.2, 0.25) is 0 Å². The minimum atomic E-state index is -4.62. The molecule has 0 saturated carbocycles. The fourth-order valence-electron chi connectivity index (χ4n) is 4.22. The summed E-state index contributed by atoms with van der Waals surface area (Å²) in [6.07, 6.45) is 1.43. The monoisotopic (exact) mass is 518 g/mol. The van der Waals surface area contributed by atoms with E-state index in [1.165, 1.54) is 0 Å². The normalized spacial score (nSPS) is 16.1. The van der Waals surface area contributed by atoms with Gasteiger partial charge in [-0.05, 0) is 65.0 Å². The third kappa shape index (κ3) is 6.01. The molecule has 0 spiro atoms. The van der Waals surface area contributed by atoms with E-state index in [9.17, 15) is 18.0 Å². The first-order valence-corrected chi connectivity index (χ1v) is 12.5. The van der Waals surface area contributed by atoms with Gasteiger partial charge in [-0.3, -0.25) is 4.79 Å². The van der Waals surface area contributed by atoms with Crippen molar-refractivity contribution >= 4 is 22.9 Å². The molecular formula is C25H29F3N6OS. The Hall–Kier alpha value is -3.05. The summed E-state index contributed by atoms with van der Waals surface area (Å²) in [5.74, 6) is -1.55. The number of carbonyl (C=O) groups excluding carboxylic acids is 1. The van der Waals surface area contributed by atoms with Crippen molar-refractivity contribution in [1.82, 2.24) is 25.2 Å². The Kier molecular flexibility index (Phi) is 7.60. The minimum absolute atomic E-state index is 0.337. The molecule has 1 saturated heterocycles. The van der Waals surface area contributed by atoms with Crippen LogP contribution in [0, 0.1) is 6.92 Å². The van der Waals surface area contributed by atoms with Crippen molar-refractivity contribution in [3.63, 3.8) is 0 Å². The molecule has 1 atom stereocenters. The highest BCUT2D eigenvalue weighted by Gasteiger charge is 2.34. The lowest BCUT2D eigenvalue weighted by atomic mass is 10.0. The number of likely N-dealkylation sites (tertiary alicyclic amines) is 1. The van der Waals surface area contributed by atoms with E-state index in [4.69, 9.17) is 0 Å². The number of nitrogens with zero attached hydrogens (tertiary/aromatic N) is 5. The fraction of sp³-hybridized carbons (Fsp3) is 0.440. The van der Waals surface area contributed by atoms with E-state index in [1.54, 1.807) is 30.5 Å². The third-order valence-electron chi connectivity index (χ3n) is 6.46. The zero-order chi connectivity index (χ0) is 26.0. The number of alkyl halides is 3. The van der Waals surface area contributed by atoms with Gasteiger partial charge in [-0.25, -0.2) is 15.0 Å². The van der Waals surface area contributed by atoms with Crippen LogP contribution in [-0.2, 0) is 6.18 Å². The Morgan fingerprint density at radius 2 is 1.81 bits per heavy atom. The van der Waals surface area contributed by atoms with Crippen LogP contribution in [0.1, 0.15) is 52.4 Å². The molecule has 2 aromatic heterocycles. The average Bonchev–Trinajstić information content (AvgIpc) is 3.29. The summed E-state index contributed by atoms with van der Waals surface area (Å²) < 4.78 is 38.3. The van der Waals surface area contributed by atoms with Crippen molar-refractivity contribution in [2.75, 3.05) is 32.1 Å². The lowest BCUT2D eigenvalue weighted by Crippen LogP contribution is -2.42. The SMILES string of the molecule is Cc1cnc(-c2cc(C(=O)NC(C)c3cnc(C(F)(F)F)nc3)cc(N(C)C3CCN(C)CC3)c2)s1. The number of halogens is 3. The van der Waals surface area contributed by atoms with Crippen LogP contribution in [0.15, 0.2) is 36.8 Å². The van der Waals surface area contributed by atoms with Crippen LogP contribution < -0.4 is 10.2 Å². The maximum absolute atomic E-state index is 13.3. The summed E-state index contributed by atoms with van der Waals surface area (Å²) in [5.41, 5.74) is 2.60. The number of thiazole rings is 1. The summed E-state index contributed by atoms with van der Waals surface area (Å²) in [5, 5.41) is 3.69. The molecule has 11 heteroatoms. The van der Waals surface area contributed by atoms with Gasteiger partial charge in [0.25, 0.3) is 5.91 Å². The second-order valence-electron chi connectivity index (χ2n) is 9.22. The molecule has 3 aromatic rings. The molecule has 1 amide bonds. The predicted molar refractivity (Wildman–Crippen MR) is 134 cm³/mol. The molecule has 192 valence electrons. The molecule has 36 heavy (non-hydrogen) atoms. The molecule has 3 heterocycles. The second-order valence-corrected chi connectivity index (χ2v) is 10.5. The van der Waals surface area contributed by atoms with E-state index in [0.29, 0.717) is 17.2 Å². The quantitative estimate of drug-likeness (QED) is 0.498. The Morgan fingerprint density at radius 1 is 1.14 bits per heavy atom. The first-order valence-electron chi connectivity index (χ1n) is 11.7. The zero-order valence-corrected chi connectivity index (χ0v) is 21.5. The van der Waals surface area contributed by atoms with Gasteiger partial charge in [0.2, 0.25) is 5.82 Å². The van der Waals surface area contributed by atoms with Gasteiger partial charge < -0.3 is 15.1 Å². The molecule has 7 nitrogen and oxygen atoms in total. The Morgan fingerprint density at radius 3 is 2.39 bits per heavy atom. The molecule has 1 N–H and O–H groups in total. The van der Waals surface area contributed by atoms with Gasteiger partial charge in [-0.15, -0.1) is 11.3 Å². The molecule has 1 unspecified atom stereocenters. The first-order chi connectivity index (χ1) is 17.0. The standard InChI is InChI=1S/C25H29F3N6OS/c1-15-12-29-23(36-15)18-9-17(10-21(11-18)34(4)20-5-7-33(3)8-6-20)22(35)32-16(2)19-13-30-24(31-14-19)25(26,27)28/h9-14,16,20H,5-8H2,1-4H3,(H,32,35). The molecule has 1 aliphatic heterocycles. The van der Waals surface area contributed by atoms with Crippen molar-refractivity contribution < 1.29 is 18.0 Å². The van der Waals surface area contributed by atoms with E-state index in [1.807, 2.05) is 20.0 Å². The van der Waals surface area contributed by atoms with E-state index in [2.05, 4.69) is 43.2 Å². The number of amides is 1. The molecule has 1 fully saturated rings. The number of piperidine rings is 1. The maximum atomic E-state index is 13.3. The molecule has 0 radical (unpaired) electrons. The van der Waals surface area contributed by atoms with E-state index in [-0.39, 0.29) is 5.91 Å². The van der Waals surface area contributed by atoms with Crippen LogP contribution in [0.4, 0.5) is 18.9 Å². The maximum Gasteiger partial charge on any atom is 0.451 e. The fourth-order valence-corrected chi connectivity index (χ4v) is 4.97. The molecule has 1 aliphatic rings. The molecule has 0 bridgehead atoms. The van der Waals surface area contributed by atoms with Gasteiger partial charge in [-0.2, -0.15) is 13.2 Å². The van der Waals surface area contributed by atoms with Gasteiger partial charge >= 0.3 is 6.18 Å². The third-order valence-corrected chi connectivity index (χ3v) is 7.43. The number of aryl methyl sites for hydroxylation is 1. The number of anilines is 1. The molecule has 4 rings (SSSR count). The van der Waals surface area contributed by atoms with E-state index >= 15 is 0 Å². The number of rotatable bonds is 6. The lowest BCUT2D eigenvalue weighted by molar-refractivity contribution is -0.145. The first kappa shape index (κ1) is 26.0. The minimum Gasteiger partial charge on any atom is -0.371 e. The summed E-state index contributed by atoms with van der Waals surface area (Å²) in [6, 6.07) is 5.48. The number of hydrogen-bond donors (Lipinski definition) is 1. The van der Waals surface area contributed by atoms with Gasteiger partial charge in [0.05, 0.1) is 6.04 Å². The lowest BCUT2D eigenvalue weighted by Gasteiger charge is -2.36. The molecule has 0 aliphatic carbocycles. The summed E-state index contributed by atoms with van der Waals surface area (Å²) >= 11 is 1.56. The van der Waals surface area contributed by atoms with Crippen LogP contribution >= 0.6 is 11.3 Å². The van der Waals surface area contributed by atoms with Crippen molar-refractivity contribution in [1.29, 1.82) is 0 Å². The smallest absolute Gasteiger partial charge is 0.371 e. The molecule has 1 aromatic carbocycles. The summed E-state index contributed by atoms with van der Waals surface area (Å²) in [7, 11) is 4.17. The van der Waals surface area contributed by atoms with Crippen LogP contribution in [0.5, 0.6) is 0 Å². The number of carbonyl (C=O) groups is 1. The van der Waals surface area contributed by atoms with Gasteiger partial charge in [0, 0.05) is 58.9 Å². The topological polar surface area (TPSA) is 74.2 Å². The van der Waals surface area contributed by atoms with Gasteiger partial charge in [-0.1, -0.05) is 0 Å². The summed E-state index contributed by atoms with van der Waals surface area (Å²) in [6.45, 7) is 5.70. The number of benzene rings is 1. The van der Waals surface area contributed by atoms with Gasteiger partial charge in [0.15, 0.2) is 0 Å². The Bertz CT molecular complexity index is 1210. The average molecular weight is 519 g/mol. The predicted octanol–water partition coefficient (Wildman–Crippen LogP) is 4.95. The van der Waals surface area contributed by atoms with Crippen molar-refractivity contribution in [3.8, 4) is 10.6 Å². The highest BCUT2D eigenvalue weighted by atomic mass is 32.1. The van der Waals surface area contributed by atoms with E-state index < -0.39 is 18.0 Å². The van der Waals surface area contributed by atoms with E-state index in [0.717, 1.165) is 59.5 Å². The van der Waals surface area contributed by atoms with Crippen LogP contribution in [0.25, 0.3) is 10.6 Å². The van der Waals surface area contributed by atoms with Crippen molar-refractivity contribution in [3.05, 3.63) is 58.6 Å².